The minimum absolute atomic E-state index is 0.0325. The summed E-state index contributed by atoms with van der Waals surface area (Å²) in [6, 6.07) is 22.7. The fraction of sp³-hybridized carbons (Fsp3) is 0.196. The molecule has 1 fully saturated rings. The van der Waals surface area contributed by atoms with E-state index in [1.165, 1.54) is 54.6 Å². The minimum Gasteiger partial charge on any atom is -0.406 e. The number of carbonyl (C=O) groups is 1. The SMILES string of the molecule is O=C(ON1CCC(c2cc(F)ccc2Sc2ccc(OC(F)(F)F)cc2)C(c2cc(F)ccc2Sc2ccc(OC(F)(F)F)cc2)(c2cc(F)ccc2Sc2ccc(OC(F)(F)F)cc2)C1)C(F)(F)F. The maximum Gasteiger partial charge on any atom is 0.573 e. The molecule has 1 aliphatic heterocycles. The Kier molecular flexibility index (Phi) is 15.2. The highest BCUT2D eigenvalue weighted by molar-refractivity contribution is 8.00. The van der Waals surface area contributed by atoms with Gasteiger partial charge in [0.1, 0.15) is 34.7 Å². The number of hydroxylamine groups is 2. The van der Waals surface area contributed by atoms with Gasteiger partial charge < -0.3 is 19.0 Å². The molecule has 370 valence electrons. The van der Waals surface area contributed by atoms with E-state index in [9.17, 15) is 57.5 Å². The van der Waals surface area contributed by atoms with Gasteiger partial charge in [0.2, 0.25) is 0 Å². The van der Waals surface area contributed by atoms with Crippen LogP contribution in [0.2, 0.25) is 0 Å². The molecule has 0 spiro atoms. The average molecular weight is 1060 g/mol. The van der Waals surface area contributed by atoms with Crippen molar-refractivity contribution in [3.63, 3.8) is 0 Å². The number of rotatable bonds is 13. The van der Waals surface area contributed by atoms with Gasteiger partial charge in [-0.05, 0) is 151 Å². The highest BCUT2D eigenvalue weighted by atomic mass is 32.2. The van der Waals surface area contributed by atoms with Crippen LogP contribution in [0.25, 0.3) is 0 Å². The number of halogens is 15. The van der Waals surface area contributed by atoms with Crippen molar-refractivity contribution in [3.05, 3.63) is 162 Å². The lowest BCUT2D eigenvalue weighted by molar-refractivity contribution is -0.275. The van der Waals surface area contributed by atoms with Gasteiger partial charge >= 0.3 is 31.2 Å². The van der Waals surface area contributed by atoms with Crippen molar-refractivity contribution in [1.82, 2.24) is 5.06 Å². The molecule has 0 radical (unpaired) electrons. The number of hydrogen-bond acceptors (Lipinski definition) is 9. The van der Waals surface area contributed by atoms with Crippen LogP contribution in [0, 0.1) is 17.5 Å². The average Bonchev–Trinajstić information content (AvgIpc) is 3.25. The predicted molar refractivity (Wildman–Crippen MR) is 223 cm³/mol. The molecule has 6 aromatic rings. The Bertz CT molecular complexity index is 2690. The van der Waals surface area contributed by atoms with E-state index in [0.29, 0.717) is 5.06 Å². The Morgan fingerprint density at radius 1 is 0.500 bits per heavy atom. The lowest BCUT2D eigenvalue weighted by atomic mass is 9.60. The molecule has 1 heterocycles. The van der Waals surface area contributed by atoms with Crippen LogP contribution in [0.4, 0.5) is 65.9 Å². The van der Waals surface area contributed by atoms with Crippen molar-refractivity contribution in [1.29, 1.82) is 0 Å². The van der Waals surface area contributed by atoms with Crippen molar-refractivity contribution in [2.45, 2.75) is 72.4 Å². The third-order valence-electron chi connectivity index (χ3n) is 10.2. The molecule has 0 saturated carbocycles. The molecule has 0 bridgehead atoms. The second-order valence-corrected chi connectivity index (χ2v) is 18.2. The van der Waals surface area contributed by atoms with Crippen LogP contribution in [0.5, 0.6) is 17.2 Å². The topological polar surface area (TPSA) is 57.2 Å². The monoisotopic (exact) mass is 1060 g/mol. The van der Waals surface area contributed by atoms with Crippen LogP contribution >= 0.6 is 35.3 Å². The summed E-state index contributed by atoms with van der Waals surface area (Å²) in [5, 5.41) is 0.600. The molecule has 70 heavy (non-hydrogen) atoms. The van der Waals surface area contributed by atoms with E-state index < -0.39 is 96.8 Å². The van der Waals surface area contributed by atoms with Gasteiger partial charge in [-0.2, -0.15) is 13.2 Å². The first-order valence-corrected chi connectivity index (χ1v) is 22.2. The summed E-state index contributed by atoms with van der Waals surface area (Å²) in [4.78, 5) is 18.3. The number of alkyl halides is 12. The lowest BCUT2D eigenvalue weighted by Gasteiger charge is -2.50. The van der Waals surface area contributed by atoms with Gasteiger partial charge in [-0.25, -0.2) is 18.0 Å². The molecule has 0 aliphatic carbocycles. The Balaban J connectivity index is 1.48. The molecule has 0 amide bonds. The largest absolute Gasteiger partial charge is 0.573 e. The van der Waals surface area contributed by atoms with Crippen molar-refractivity contribution in [2.24, 2.45) is 0 Å². The molecule has 6 nitrogen and oxygen atoms in total. The molecule has 6 aromatic carbocycles. The zero-order valence-corrected chi connectivity index (χ0v) is 37.2. The molecule has 1 saturated heterocycles. The lowest BCUT2D eigenvalue weighted by Crippen LogP contribution is -2.53. The molecule has 1 aliphatic rings. The van der Waals surface area contributed by atoms with Crippen LogP contribution in [0.1, 0.15) is 29.0 Å². The van der Waals surface area contributed by atoms with Crippen LogP contribution in [-0.4, -0.2) is 49.4 Å². The van der Waals surface area contributed by atoms with Gasteiger partial charge in [-0.15, -0.1) is 44.6 Å². The number of benzene rings is 6. The summed E-state index contributed by atoms with van der Waals surface area (Å²) in [6.45, 7) is -1.41. The summed E-state index contributed by atoms with van der Waals surface area (Å²) in [5.74, 6) is -8.71. The molecule has 0 aromatic heterocycles. The second kappa shape index (κ2) is 20.5. The van der Waals surface area contributed by atoms with Gasteiger partial charge in [-0.3, -0.25) is 0 Å². The van der Waals surface area contributed by atoms with Crippen molar-refractivity contribution in [3.8, 4) is 17.2 Å². The number of piperidine rings is 1. The van der Waals surface area contributed by atoms with E-state index in [2.05, 4.69) is 14.2 Å². The first-order valence-electron chi connectivity index (χ1n) is 19.8. The van der Waals surface area contributed by atoms with Crippen LogP contribution in [0.3, 0.4) is 0 Å². The summed E-state index contributed by atoms with van der Waals surface area (Å²) in [6.07, 6.45) is -21.1. The molecule has 7 rings (SSSR count). The van der Waals surface area contributed by atoms with Gasteiger partial charge in [0, 0.05) is 53.8 Å². The Morgan fingerprint density at radius 3 is 1.23 bits per heavy atom. The Morgan fingerprint density at radius 2 is 0.857 bits per heavy atom. The normalized spacial score (nSPS) is 15.6. The maximum atomic E-state index is 16.1. The number of ether oxygens (including phenoxy) is 3. The van der Waals surface area contributed by atoms with Crippen LogP contribution < -0.4 is 14.2 Å². The van der Waals surface area contributed by atoms with Gasteiger partial charge in [-0.1, -0.05) is 35.3 Å². The van der Waals surface area contributed by atoms with E-state index in [1.807, 2.05) is 0 Å². The molecular weight excluding hydrogens is 1030 g/mol. The Hall–Kier alpha value is -5.85. The van der Waals surface area contributed by atoms with Crippen molar-refractivity contribution >= 4 is 41.3 Å². The number of hydrogen-bond donors (Lipinski definition) is 0. The maximum absolute atomic E-state index is 16.1. The van der Waals surface area contributed by atoms with Crippen molar-refractivity contribution in [2.75, 3.05) is 13.1 Å². The van der Waals surface area contributed by atoms with E-state index in [4.69, 9.17) is 4.84 Å². The molecular formula is C46H28F15NO5S3. The third kappa shape index (κ3) is 13.3. The number of carbonyl (C=O) groups excluding carboxylic acids is 1. The summed E-state index contributed by atoms with van der Waals surface area (Å²) in [5.41, 5.74) is -2.49. The first-order chi connectivity index (χ1) is 32.7. The quantitative estimate of drug-likeness (QED) is 0.105. The fourth-order valence-electron chi connectivity index (χ4n) is 7.62. The van der Waals surface area contributed by atoms with Crippen LogP contribution in [-0.2, 0) is 15.0 Å². The summed E-state index contributed by atoms with van der Waals surface area (Å²) < 4.78 is 219. The second-order valence-electron chi connectivity index (χ2n) is 14.9. The standard InChI is InChI=1S/C46H28F15NO5S3/c47-25-1-16-38(68-31-10-4-28(5-11-31)64-44(53,54)55)34(21-25)35-19-20-62(67-41(63)43(50,51)52)24-42(35,36-22-26(48)2-17-39(36)69-32-12-6-29(7-13-32)65-45(56,57)58)37-23-27(49)3-18-40(37)70-33-14-8-30(9-15-33)66-46(59,60)61/h1-18,21-23,35H,19-20,24H2. The molecule has 1 atom stereocenters. The highest BCUT2D eigenvalue weighted by Gasteiger charge is 2.53. The summed E-state index contributed by atoms with van der Waals surface area (Å²) >= 11 is 2.49. The highest BCUT2D eigenvalue weighted by Crippen LogP contribution is 2.57. The van der Waals surface area contributed by atoms with Gasteiger partial charge in [0.05, 0.1) is 0 Å². The van der Waals surface area contributed by atoms with Crippen LogP contribution in [0.15, 0.2) is 157 Å². The first kappa shape index (κ1) is 52.0. The Labute approximate surface area is 399 Å². The zero-order valence-electron chi connectivity index (χ0n) is 34.7. The van der Waals surface area contributed by atoms with E-state index in [0.717, 1.165) is 108 Å². The molecule has 0 N–H and O–H groups in total. The van der Waals surface area contributed by atoms with Gasteiger partial charge in [0.25, 0.3) is 0 Å². The number of nitrogens with zero attached hydrogens (tertiary/aromatic N) is 1. The summed E-state index contributed by atoms with van der Waals surface area (Å²) in [7, 11) is 0. The van der Waals surface area contributed by atoms with E-state index >= 15 is 13.2 Å². The zero-order chi connectivity index (χ0) is 50.8. The predicted octanol–water partition coefficient (Wildman–Crippen LogP) is 15.0. The van der Waals surface area contributed by atoms with E-state index in [-0.39, 0.29) is 46.1 Å². The smallest absolute Gasteiger partial charge is 0.406 e. The minimum atomic E-state index is -5.57. The van der Waals surface area contributed by atoms with E-state index in [1.54, 1.807) is 0 Å². The van der Waals surface area contributed by atoms with Crippen molar-refractivity contribution < 1.29 is 89.7 Å². The fourth-order valence-corrected chi connectivity index (χ4v) is 10.6. The van der Waals surface area contributed by atoms with Gasteiger partial charge in [0.15, 0.2) is 0 Å². The third-order valence-corrected chi connectivity index (χ3v) is 13.4. The molecule has 1 unspecified atom stereocenters. The molecule has 24 heteroatoms.